The lowest BCUT2D eigenvalue weighted by Gasteiger charge is -2.04. The van der Waals surface area contributed by atoms with Gasteiger partial charge < -0.3 is 4.74 Å². The molecule has 0 atom stereocenters. The topological polar surface area (TPSA) is 9.23 Å². The van der Waals surface area contributed by atoms with E-state index in [-0.39, 0.29) is 0 Å². The highest BCUT2D eigenvalue weighted by Gasteiger charge is 1.92. The van der Waals surface area contributed by atoms with Crippen molar-refractivity contribution in [2.24, 2.45) is 0 Å². The van der Waals surface area contributed by atoms with Crippen molar-refractivity contribution in [3.8, 4) is 5.75 Å². The average Bonchev–Trinajstić information content (AvgIpc) is 2.21. The van der Waals surface area contributed by atoms with Crippen LogP contribution in [0.2, 0.25) is 0 Å². The molecule has 0 N–H and O–H groups in total. The van der Waals surface area contributed by atoms with Gasteiger partial charge in [-0.25, -0.2) is 0 Å². The predicted octanol–water partition coefficient (Wildman–Crippen LogP) is 4.18. The molecule has 14 heavy (non-hydrogen) atoms. The molecular weight excluding hydrogens is 240 g/mol. The first-order valence-corrected chi connectivity index (χ1v) is 5.61. The predicted molar refractivity (Wildman–Crippen MR) is 63.7 cm³/mol. The monoisotopic (exact) mass is 254 g/mol. The second-order valence-corrected chi connectivity index (χ2v) is 4.00. The Kier molecular flexibility index (Phi) is 5.38. The summed E-state index contributed by atoms with van der Waals surface area (Å²) < 4.78 is 6.63. The van der Waals surface area contributed by atoms with E-state index in [2.05, 4.69) is 22.5 Å². The summed E-state index contributed by atoms with van der Waals surface area (Å²) in [6.45, 7) is 4.47. The zero-order valence-corrected chi connectivity index (χ0v) is 9.79. The van der Waals surface area contributed by atoms with E-state index in [4.69, 9.17) is 4.74 Å². The lowest BCUT2D eigenvalue weighted by Crippen LogP contribution is -1.96. The highest BCUT2D eigenvalue weighted by molar-refractivity contribution is 9.10. The Labute approximate surface area is 93.9 Å². The van der Waals surface area contributed by atoms with Gasteiger partial charge in [-0.05, 0) is 43.5 Å². The molecule has 76 valence electrons. The van der Waals surface area contributed by atoms with Crippen molar-refractivity contribution in [1.29, 1.82) is 0 Å². The van der Waals surface area contributed by atoms with Crippen LogP contribution in [-0.2, 0) is 0 Å². The number of allylic oxidation sites excluding steroid dienone is 1. The number of unbranched alkanes of at least 4 members (excludes halogenated alkanes) is 2. The molecule has 0 spiro atoms. The molecule has 0 heterocycles. The summed E-state index contributed by atoms with van der Waals surface area (Å²) >= 11 is 3.38. The minimum atomic E-state index is 0.787. The van der Waals surface area contributed by atoms with Gasteiger partial charge in [0.05, 0.1) is 6.61 Å². The Balaban J connectivity index is 2.18. The highest BCUT2D eigenvalue weighted by atomic mass is 79.9. The van der Waals surface area contributed by atoms with Crippen LogP contribution in [0.3, 0.4) is 0 Å². The third-order valence-electron chi connectivity index (χ3n) is 1.88. The summed E-state index contributed by atoms with van der Waals surface area (Å²) in [7, 11) is 0. The highest BCUT2D eigenvalue weighted by Crippen LogP contribution is 2.16. The quantitative estimate of drug-likeness (QED) is 0.547. The molecule has 1 rings (SSSR count). The van der Waals surface area contributed by atoms with Crippen LogP contribution in [0.15, 0.2) is 41.4 Å². The molecule has 0 aliphatic carbocycles. The van der Waals surface area contributed by atoms with Gasteiger partial charge in [0.25, 0.3) is 0 Å². The van der Waals surface area contributed by atoms with Crippen LogP contribution in [0.25, 0.3) is 0 Å². The molecule has 0 bridgehead atoms. The summed E-state index contributed by atoms with van der Waals surface area (Å²) in [4.78, 5) is 0. The van der Waals surface area contributed by atoms with E-state index < -0.39 is 0 Å². The molecule has 2 heteroatoms. The van der Waals surface area contributed by atoms with E-state index in [0.717, 1.165) is 36.1 Å². The SMILES string of the molecule is C=CCCCCOc1ccc(Br)cc1. The standard InChI is InChI=1S/C12H15BrO/c1-2-3-4-5-10-14-12-8-6-11(13)7-9-12/h2,6-9H,1,3-5,10H2. The van der Waals surface area contributed by atoms with Gasteiger partial charge in [0, 0.05) is 4.47 Å². The molecule has 1 aromatic rings. The molecule has 0 radical (unpaired) electrons. The fourth-order valence-electron chi connectivity index (χ4n) is 1.11. The van der Waals surface area contributed by atoms with Crippen molar-refractivity contribution in [3.63, 3.8) is 0 Å². The Morgan fingerprint density at radius 2 is 1.93 bits per heavy atom. The molecular formula is C12H15BrO. The lowest BCUT2D eigenvalue weighted by atomic mass is 10.2. The maximum Gasteiger partial charge on any atom is 0.119 e. The second-order valence-electron chi connectivity index (χ2n) is 3.09. The number of hydrogen-bond donors (Lipinski definition) is 0. The summed E-state index contributed by atoms with van der Waals surface area (Å²) in [5, 5.41) is 0. The van der Waals surface area contributed by atoms with Crippen molar-refractivity contribution in [2.75, 3.05) is 6.61 Å². The summed E-state index contributed by atoms with van der Waals surface area (Å²) in [6.07, 6.45) is 5.26. The molecule has 0 saturated heterocycles. The second kappa shape index (κ2) is 6.66. The molecule has 0 unspecified atom stereocenters. The van der Waals surface area contributed by atoms with Crippen molar-refractivity contribution in [2.45, 2.75) is 19.3 Å². The van der Waals surface area contributed by atoms with Gasteiger partial charge >= 0.3 is 0 Å². The van der Waals surface area contributed by atoms with E-state index in [9.17, 15) is 0 Å². The molecule has 0 aromatic heterocycles. The maximum atomic E-state index is 5.55. The van der Waals surface area contributed by atoms with Crippen molar-refractivity contribution in [3.05, 3.63) is 41.4 Å². The molecule has 0 aliphatic heterocycles. The first-order valence-electron chi connectivity index (χ1n) is 4.82. The fraction of sp³-hybridized carbons (Fsp3) is 0.333. The van der Waals surface area contributed by atoms with E-state index in [1.807, 2.05) is 30.3 Å². The Hall–Kier alpha value is -0.760. The Morgan fingerprint density at radius 1 is 1.21 bits per heavy atom. The third-order valence-corrected chi connectivity index (χ3v) is 2.41. The zero-order chi connectivity index (χ0) is 10.2. The van der Waals surface area contributed by atoms with Gasteiger partial charge in [0.2, 0.25) is 0 Å². The molecule has 0 amide bonds. The molecule has 0 aliphatic rings. The van der Waals surface area contributed by atoms with Crippen LogP contribution in [0.4, 0.5) is 0 Å². The third kappa shape index (κ3) is 4.47. The van der Waals surface area contributed by atoms with Crippen LogP contribution in [0.5, 0.6) is 5.75 Å². The van der Waals surface area contributed by atoms with Gasteiger partial charge in [0.1, 0.15) is 5.75 Å². The molecule has 0 fully saturated rings. The number of ether oxygens (including phenoxy) is 1. The number of hydrogen-bond acceptors (Lipinski definition) is 1. The van der Waals surface area contributed by atoms with E-state index in [1.165, 1.54) is 0 Å². The molecule has 1 aromatic carbocycles. The zero-order valence-electron chi connectivity index (χ0n) is 8.21. The molecule has 0 saturated carbocycles. The first-order chi connectivity index (χ1) is 6.83. The maximum absolute atomic E-state index is 5.55. The van der Waals surface area contributed by atoms with Gasteiger partial charge in [-0.15, -0.1) is 6.58 Å². The number of benzene rings is 1. The normalized spacial score (nSPS) is 9.79. The van der Waals surface area contributed by atoms with Crippen LogP contribution in [0, 0.1) is 0 Å². The van der Waals surface area contributed by atoms with E-state index in [1.54, 1.807) is 0 Å². The molecule has 1 nitrogen and oxygen atoms in total. The van der Waals surface area contributed by atoms with Crippen molar-refractivity contribution >= 4 is 15.9 Å². The fourth-order valence-corrected chi connectivity index (χ4v) is 1.38. The summed E-state index contributed by atoms with van der Waals surface area (Å²) in [5.74, 6) is 0.937. The van der Waals surface area contributed by atoms with Gasteiger partial charge in [0.15, 0.2) is 0 Å². The van der Waals surface area contributed by atoms with Gasteiger partial charge in [-0.3, -0.25) is 0 Å². The minimum Gasteiger partial charge on any atom is -0.494 e. The lowest BCUT2D eigenvalue weighted by molar-refractivity contribution is 0.307. The summed E-state index contributed by atoms with van der Waals surface area (Å²) in [6, 6.07) is 7.91. The van der Waals surface area contributed by atoms with Crippen LogP contribution in [-0.4, -0.2) is 6.61 Å². The van der Waals surface area contributed by atoms with Crippen molar-refractivity contribution in [1.82, 2.24) is 0 Å². The van der Waals surface area contributed by atoms with Gasteiger partial charge in [-0.1, -0.05) is 22.0 Å². The number of halogens is 1. The smallest absolute Gasteiger partial charge is 0.119 e. The van der Waals surface area contributed by atoms with E-state index >= 15 is 0 Å². The Morgan fingerprint density at radius 3 is 2.57 bits per heavy atom. The summed E-state index contributed by atoms with van der Waals surface area (Å²) in [5.41, 5.74) is 0. The van der Waals surface area contributed by atoms with Crippen molar-refractivity contribution < 1.29 is 4.74 Å². The minimum absolute atomic E-state index is 0.787. The average molecular weight is 255 g/mol. The number of rotatable bonds is 6. The van der Waals surface area contributed by atoms with Crippen LogP contribution < -0.4 is 4.74 Å². The van der Waals surface area contributed by atoms with Gasteiger partial charge in [-0.2, -0.15) is 0 Å². The van der Waals surface area contributed by atoms with E-state index in [0.29, 0.717) is 0 Å². The van der Waals surface area contributed by atoms with Crippen LogP contribution >= 0.6 is 15.9 Å². The van der Waals surface area contributed by atoms with Crippen LogP contribution in [0.1, 0.15) is 19.3 Å². The first kappa shape index (κ1) is 11.3. The largest absolute Gasteiger partial charge is 0.494 e. The Bertz CT molecular complexity index is 266.